The maximum atomic E-state index is 14.0. The fraction of sp³-hybridized carbons (Fsp3) is 0.578. The molecule has 62 heavy (non-hydrogen) atoms. The van der Waals surface area contributed by atoms with Crippen LogP contribution in [0.2, 0.25) is 5.02 Å². The number of aryl methyl sites for hydroxylation is 1. The van der Waals surface area contributed by atoms with Crippen molar-refractivity contribution in [3.63, 3.8) is 0 Å². The van der Waals surface area contributed by atoms with Crippen molar-refractivity contribution < 1.29 is 32.6 Å². The van der Waals surface area contributed by atoms with Crippen LogP contribution in [-0.2, 0) is 34.6 Å². The summed E-state index contributed by atoms with van der Waals surface area (Å²) in [5.74, 6) is 0.0385. The second-order valence-corrected chi connectivity index (χ2v) is 21.2. The average molecular weight is 888 g/mol. The molecule has 11 rings (SSSR count). The van der Waals surface area contributed by atoms with Gasteiger partial charge >= 0.3 is 0 Å². The molecule has 7 fully saturated rings. The molecule has 1 unspecified atom stereocenters. The van der Waals surface area contributed by atoms with Gasteiger partial charge in [-0.2, -0.15) is 4.98 Å². The van der Waals surface area contributed by atoms with E-state index in [2.05, 4.69) is 37.1 Å². The summed E-state index contributed by atoms with van der Waals surface area (Å²) in [6.45, 7) is 7.60. The van der Waals surface area contributed by atoms with Crippen LogP contribution in [0.25, 0.3) is 0 Å². The average Bonchev–Trinajstić information content (AvgIpc) is 4.01. The van der Waals surface area contributed by atoms with Gasteiger partial charge in [-0.05, 0) is 126 Å². The highest BCUT2D eigenvalue weighted by Crippen LogP contribution is 2.58. The number of carbonyl (C=O) groups excluding carboxylic acids is 3. The van der Waals surface area contributed by atoms with Gasteiger partial charge in [0.25, 0.3) is 0 Å². The number of anilines is 4. The summed E-state index contributed by atoms with van der Waals surface area (Å²) in [4.78, 5) is 54.0. The molecule has 15 nitrogen and oxygen atoms in total. The van der Waals surface area contributed by atoms with Crippen molar-refractivity contribution in [3.05, 3.63) is 64.3 Å². The van der Waals surface area contributed by atoms with Gasteiger partial charge in [0, 0.05) is 72.8 Å². The van der Waals surface area contributed by atoms with Crippen molar-refractivity contribution >= 4 is 62.5 Å². The number of nitrogens with zero attached hydrogens (tertiary/aromatic N) is 5. The van der Waals surface area contributed by atoms with E-state index in [0.29, 0.717) is 66.8 Å². The van der Waals surface area contributed by atoms with Gasteiger partial charge in [0.1, 0.15) is 5.82 Å². The number of nitrogens with one attached hydrogen (secondary N) is 3. The summed E-state index contributed by atoms with van der Waals surface area (Å²) in [6.07, 6.45) is 9.50. The first-order valence-corrected chi connectivity index (χ1v) is 24.1. The topological polar surface area (TPSA) is 186 Å². The number of rotatable bonds is 10. The summed E-state index contributed by atoms with van der Waals surface area (Å²) < 4.78 is 37.6. The van der Waals surface area contributed by atoms with Gasteiger partial charge in [-0.15, -0.1) is 0 Å². The first-order chi connectivity index (χ1) is 29.7. The van der Waals surface area contributed by atoms with E-state index in [1.807, 2.05) is 30.0 Å². The molecule has 6 heterocycles. The number of amides is 3. The number of carbonyl (C=O) groups is 3. The molecule has 2 aromatic carbocycles. The molecule has 4 atom stereocenters. The second-order valence-electron chi connectivity index (χ2n) is 19.1. The van der Waals surface area contributed by atoms with Crippen molar-refractivity contribution in [1.82, 2.24) is 24.9 Å². The Morgan fingerprint density at radius 3 is 2.50 bits per heavy atom. The van der Waals surface area contributed by atoms with Gasteiger partial charge in [-0.1, -0.05) is 17.7 Å². The lowest BCUT2D eigenvalue weighted by atomic mass is 9.71. The summed E-state index contributed by atoms with van der Waals surface area (Å²) in [5, 5.41) is 16.6. The molecule has 3 amide bonds. The van der Waals surface area contributed by atoms with Crippen LogP contribution in [0.5, 0.6) is 0 Å². The number of sulfonamides is 1. The van der Waals surface area contributed by atoms with E-state index in [1.165, 1.54) is 0 Å². The van der Waals surface area contributed by atoms with Crippen molar-refractivity contribution in [1.29, 1.82) is 0 Å². The molecule has 330 valence electrons. The van der Waals surface area contributed by atoms with Crippen LogP contribution in [0.1, 0.15) is 107 Å². The lowest BCUT2D eigenvalue weighted by Gasteiger charge is -2.55. The number of hydrogen-bond donors (Lipinski definition) is 4. The van der Waals surface area contributed by atoms with E-state index < -0.39 is 33.0 Å². The van der Waals surface area contributed by atoms with Gasteiger partial charge < -0.3 is 20.1 Å². The fourth-order valence-corrected chi connectivity index (χ4v) is 12.9. The van der Waals surface area contributed by atoms with Crippen molar-refractivity contribution in [2.24, 2.45) is 0 Å². The van der Waals surface area contributed by atoms with Gasteiger partial charge in [0.2, 0.25) is 33.7 Å². The molecular weight excluding hydrogens is 832 g/mol. The van der Waals surface area contributed by atoms with Gasteiger partial charge in [-0.25, -0.2) is 18.1 Å². The molecule has 4 saturated heterocycles. The third-order valence-corrected chi connectivity index (χ3v) is 16.9. The summed E-state index contributed by atoms with van der Waals surface area (Å²) in [6, 6.07) is 11.0. The number of ether oxygens (including phenoxy) is 1. The minimum absolute atomic E-state index is 0.0630. The number of fused-ring (bicyclic) bond motifs is 5. The van der Waals surface area contributed by atoms with E-state index in [9.17, 15) is 27.9 Å². The molecule has 17 heteroatoms. The monoisotopic (exact) mass is 886 g/mol. The van der Waals surface area contributed by atoms with Crippen LogP contribution in [-0.4, -0.2) is 108 Å². The van der Waals surface area contributed by atoms with Crippen molar-refractivity contribution in [3.8, 4) is 0 Å². The SMILES string of the molecule is Cc1cc(S(=O)(=O)NC23CCC(CN4CCN(c5ccc(C6CCC(=O)NC6=O)c(Cl)c5)C[C@@H]4C)(CC2)OC3)ccc1Nc1ncc2c(n1)N([C@@H]1CCC[C@@H](O)C1)C(=O)C21CC1. The number of halogens is 1. The number of imide groups is 1. The Labute approximate surface area is 367 Å². The standard InChI is InChI=1S/C45H55ClN8O7S/c1-27-20-32(7-10-37(27)48-42-47-23-35-39(50-42)54(41(58)45(35)16-17-45)30-4-3-5-31(55)21-30)62(59,60)51-43-12-14-44(15-13-43,61-26-43)25-53-19-18-52(24-28(53)2)29-6-8-33(36(46)22-29)34-9-11-38(56)49-40(34)57/h6-8,10,20,22-23,28,30-31,34,51,55H,3-5,9,11-19,21,24-26H2,1-2H3,(H,47,48,50)(H,49,56,57)/t28-,30+,31+,34?,43?,44?/m0/s1. The Kier molecular flexibility index (Phi) is 10.5. The van der Waals surface area contributed by atoms with E-state index in [4.69, 9.17) is 21.3 Å². The highest BCUT2D eigenvalue weighted by molar-refractivity contribution is 7.89. The van der Waals surface area contributed by atoms with Gasteiger partial charge in [-0.3, -0.25) is 29.5 Å². The smallest absolute Gasteiger partial charge is 0.241 e. The maximum Gasteiger partial charge on any atom is 0.241 e. The Morgan fingerprint density at radius 1 is 1.02 bits per heavy atom. The van der Waals surface area contributed by atoms with Crippen LogP contribution < -0.4 is 25.2 Å². The summed E-state index contributed by atoms with van der Waals surface area (Å²) in [5.41, 5.74) is 2.43. The minimum atomic E-state index is -3.88. The minimum Gasteiger partial charge on any atom is -0.393 e. The van der Waals surface area contributed by atoms with E-state index in [1.54, 1.807) is 24.4 Å². The molecule has 3 saturated carbocycles. The first kappa shape index (κ1) is 41.8. The van der Waals surface area contributed by atoms with Crippen LogP contribution in [0.4, 0.5) is 23.1 Å². The highest BCUT2D eigenvalue weighted by atomic mass is 35.5. The number of benzene rings is 2. The maximum absolute atomic E-state index is 14.0. The zero-order chi connectivity index (χ0) is 43.2. The Morgan fingerprint density at radius 2 is 1.82 bits per heavy atom. The second kappa shape index (κ2) is 15.5. The molecule has 0 radical (unpaired) electrons. The van der Waals surface area contributed by atoms with E-state index >= 15 is 0 Å². The lowest BCUT2D eigenvalue weighted by Crippen LogP contribution is -2.66. The molecule has 4 N–H and O–H groups in total. The largest absolute Gasteiger partial charge is 0.393 e. The van der Waals surface area contributed by atoms with E-state index in [0.717, 1.165) is 87.9 Å². The molecule has 8 aliphatic rings. The molecular formula is C45H55ClN8O7S. The quantitative estimate of drug-likeness (QED) is 0.201. The fourth-order valence-electron chi connectivity index (χ4n) is 11.0. The van der Waals surface area contributed by atoms with Crippen LogP contribution in [0.15, 0.2) is 47.5 Å². The zero-order valence-electron chi connectivity index (χ0n) is 35.3. The number of aliphatic hydroxyl groups excluding tert-OH is 1. The molecule has 3 aromatic rings. The molecule has 5 aliphatic heterocycles. The number of aromatic nitrogens is 2. The highest BCUT2D eigenvalue weighted by Gasteiger charge is 2.61. The van der Waals surface area contributed by atoms with Crippen LogP contribution >= 0.6 is 11.6 Å². The number of hydrogen-bond acceptors (Lipinski definition) is 12. The zero-order valence-corrected chi connectivity index (χ0v) is 36.9. The lowest BCUT2D eigenvalue weighted by molar-refractivity contribution is -0.169. The molecule has 1 spiro atoms. The third-order valence-electron chi connectivity index (χ3n) is 15.0. The predicted molar refractivity (Wildman–Crippen MR) is 233 cm³/mol. The van der Waals surface area contributed by atoms with Crippen molar-refractivity contribution in [2.75, 3.05) is 47.9 Å². The predicted octanol–water partition coefficient (Wildman–Crippen LogP) is 4.95. The van der Waals surface area contributed by atoms with Crippen LogP contribution in [0, 0.1) is 6.92 Å². The number of piperidine rings is 1. The first-order valence-electron chi connectivity index (χ1n) is 22.2. The molecule has 1 aromatic heterocycles. The summed E-state index contributed by atoms with van der Waals surface area (Å²) >= 11 is 6.71. The molecule has 3 aliphatic carbocycles. The Hall–Kier alpha value is -4.19. The van der Waals surface area contributed by atoms with Crippen LogP contribution in [0.3, 0.4) is 0 Å². The normalized spacial score (nSPS) is 30.7. The molecule has 2 bridgehead atoms. The van der Waals surface area contributed by atoms with E-state index in [-0.39, 0.29) is 40.3 Å². The van der Waals surface area contributed by atoms with Crippen molar-refractivity contribution in [2.45, 2.75) is 136 Å². The summed E-state index contributed by atoms with van der Waals surface area (Å²) in [7, 11) is -3.88. The number of aliphatic hydroxyl groups is 1. The Balaban J connectivity index is 0.749. The van der Waals surface area contributed by atoms with Gasteiger partial charge in [0.15, 0.2) is 0 Å². The third kappa shape index (κ3) is 7.47. The number of piperazine rings is 1. The Bertz CT molecular complexity index is 2420. The van der Waals surface area contributed by atoms with Gasteiger partial charge in [0.05, 0.1) is 40.1 Å².